The van der Waals surface area contributed by atoms with Gasteiger partial charge in [0.15, 0.2) is 0 Å². The zero-order chi connectivity index (χ0) is 21.1. The van der Waals surface area contributed by atoms with Crippen molar-refractivity contribution in [2.45, 2.75) is 46.1 Å². The summed E-state index contributed by atoms with van der Waals surface area (Å²) in [5, 5.41) is 8.50. The lowest BCUT2D eigenvalue weighted by Crippen LogP contribution is -2.34. The van der Waals surface area contributed by atoms with E-state index in [2.05, 4.69) is 27.3 Å². The number of nitrogens with one attached hydrogen (secondary N) is 1. The van der Waals surface area contributed by atoms with Crippen LogP contribution in [0.2, 0.25) is 5.02 Å². The number of carbonyl (C=O) groups excluding carboxylic acids is 1. The van der Waals surface area contributed by atoms with Crippen molar-refractivity contribution in [3.63, 3.8) is 0 Å². The summed E-state index contributed by atoms with van der Waals surface area (Å²) >= 11 is 6.15. The second-order valence-corrected chi connectivity index (χ2v) is 8.36. The first-order valence-corrected chi connectivity index (χ1v) is 10.8. The number of anilines is 1. The summed E-state index contributed by atoms with van der Waals surface area (Å²) in [6.45, 7) is 6.50. The number of fused-ring (bicyclic) bond motifs is 1. The Kier molecular flexibility index (Phi) is 6.18. The summed E-state index contributed by atoms with van der Waals surface area (Å²) in [5.74, 6) is 2.13. The first kappa shape index (κ1) is 20.6. The molecule has 1 fully saturated rings. The zero-order valence-corrected chi connectivity index (χ0v) is 18.1. The van der Waals surface area contributed by atoms with E-state index < -0.39 is 0 Å². The average Bonchev–Trinajstić information content (AvgIpc) is 3.12. The fourth-order valence-electron chi connectivity index (χ4n) is 3.72. The van der Waals surface area contributed by atoms with Crippen LogP contribution in [-0.2, 0) is 17.8 Å². The Morgan fingerprint density at radius 3 is 2.80 bits per heavy atom. The molecule has 3 aromatic rings. The van der Waals surface area contributed by atoms with Crippen molar-refractivity contribution in [2.24, 2.45) is 5.92 Å². The van der Waals surface area contributed by atoms with Gasteiger partial charge in [-0.15, -0.1) is 0 Å². The maximum Gasteiger partial charge on any atom is 0.263 e. The number of amides is 1. The molecule has 1 aliphatic heterocycles. The Bertz CT molecular complexity index is 1040. The van der Waals surface area contributed by atoms with Crippen LogP contribution in [0.15, 0.2) is 28.8 Å². The maximum atomic E-state index is 12.3. The molecule has 0 spiro atoms. The van der Waals surface area contributed by atoms with Gasteiger partial charge in [0.1, 0.15) is 17.0 Å². The molecule has 0 aliphatic carbocycles. The van der Waals surface area contributed by atoms with E-state index in [0.717, 1.165) is 54.3 Å². The van der Waals surface area contributed by atoms with E-state index in [1.54, 1.807) is 0 Å². The first-order chi connectivity index (χ1) is 14.5. The number of carbonyl (C=O) groups is 1. The molecular formula is C22H26ClN5O2. The minimum atomic E-state index is -0.0688. The molecule has 158 valence electrons. The number of halogens is 1. The molecule has 0 saturated carbocycles. The molecule has 1 N–H and O–H groups in total. The third-order valence-corrected chi connectivity index (χ3v) is 6.00. The van der Waals surface area contributed by atoms with E-state index in [1.165, 1.54) is 0 Å². The van der Waals surface area contributed by atoms with Gasteiger partial charge in [-0.2, -0.15) is 4.98 Å². The summed E-state index contributed by atoms with van der Waals surface area (Å²) < 4.78 is 5.42. The summed E-state index contributed by atoms with van der Waals surface area (Å²) in [6, 6.07) is 7.48. The highest BCUT2D eigenvalue weighted by molar-refractivity contribution is 6.31. The van der Waals surface area contributed by atoms with E-state index in [0.29, 0.717) is 35.9 Å². The fourth-order valence-corrected chi connectivity index (χ4v) is 3.92. The van der Waals surface area contributed by atoms with Gasteiger partial charge in [-0.3, -0.25) is 4.79 Å². The monoisotopic (exact) mass is 427 g/mol. The van der Waals surface area contributed by atoms with Crippen LogP contribution in [0.1, 0.15) is 43.3 Å². The van der Waals surface area contributed by atoms with Crippen LogP contribution >= 0.6 is 11.6 Å². The van der Waals surface area contributed by atoms with Gasteiger partial charge < -0.3 is 14.7 Å². The minimum Gasteiger partial charge on any atom is -0.356 e. The van der Waals surface area contributed by atoms with Gasteiger partial charge in [-0.05, 0) is 37.3 Å². The molecule has 0 unspecified atom stereocenters. The highest BCUT2D eigenvalue weighted by atomic mass is 35.5. The van der Waals surface area contributed by atoms with Crippen LogP contribution in [-0.4, -0.2) is 34.1 Å². The van der Waals surface area contributed by atoms with Crippen molar-refractivity contribution in [3.8, 4) is 0 Å². The Balaban J connectivity index is 1.45. The number of aromatic nitrogens is 3. The third-order valence-electron chi connectivity index (χ3n) is 5.63. The van der Waals surface area contributed by atoms with E-state index in [-0.39, 0.29) is 5.91 Å². The molecule has 1 amide bonds. The topological polar surface area (TPSA) is 84.1 Å². The van der Waals surface area contributed by atoms with Gasteiger partial charge in [-0.25, -0.2) is 4.98 Å². The van der Waals surface area contributed by atoms with Crippen molar-refractivity contribution in [1.29, 1.82) is 0 Å². The Morgan fingerprint density at radius 2 is 2.03 bits per heavy atom. The van der Waals surface area contributed by atoms with Gasteiger partial charge in [0.25, 0.3) is 5.71 Å². The predicted molar refractivity (Wildman–Crippen MR) is 117 cm³/mol. The highest BCUT2D eigenvalue weighted by Crippen LogP contribution is 2.30. The number of piperidine rings is 1. The van der Waals surface area contributed by atoms with Crippen molar-refractivity contribution in [1.82, 2.24) is 20.4 Å². The lowest BCUT2D eigenvalue weighted by atomic mass is 9.99. The molecule has 7 nitrogen and oxygen atoms in total. The first-order valence-electron chi connectivity index (χ1n) is 10.4. The molecule has 3 heterocycles. The molecule has 1 aliphatic rings. The molecule has 0 radical (unpaired) electrons. The Labute approximate surface area is 180 Å². The molecule has 1 aromatic carbocycles. The van der Waals surface area contributed by atoms with Crippen LogP contribution in [0.4, 0.5) is 5.82 Å². The largest absolute Gasteiger partial charge is 0.356 e. The number of hydrogen-bond donors (Lipinski definition) is 1. The second-order valence-electron chi connectivity index (χ2n) is 7.95. The van der Waals surface area contributed by atoms with Crippen LogP contribution in [0.25, 0.3) is 11.1 Å². The van der Waals surface area contributed by atoms with Gasteiger partial charge in [-0.1, -0.05) is 41.9 Å². The lowest BCUT2D eigenvalue weighted by Gasteiger charge is -2.31. The van der Waals surface area contributed by atoms with E-state index in [1.807, 2.05) is 31.2 Å². The molecule has 0 bridgehead atoms. The molecule has 2 aromatic heterocycles. The van der Waals surface area contributed by atoms with Gasteiger partial charge in [0.2, 0.25) is 5.91 Å². The normalized spacial score (nSPS) is 15.0. The SMILES string of the molecule is Cc1noc2nc(CCC(=O)NCc3ccccc3Cl)nc(N3CCC(C)CC3)c12. The molecular weight excluding hydrogens is 402 g/mol. The summed E-state index contributed by atoms with van der Waals surface area (Å²) in [7, 11) is 0. The van der Waals surface area contributed by atoms with E-state index in [4.69, 9.17) is 21.1 Å². The van der Waals surface area contributed by atoms with Crippen LogP contribution in [0.5, 0.6) is 0 Å². The van der Waals surface area contributed by atoms with Crippen molar-refractivity contribution >= 4 is 34.4 Å². The van der Waals surface area contributed by atoms with Crippen molar-refractivity contribution < 1.29 is 9.32 Å². The second kappa shape index (κ2) is 9.00. The van der Waals surface area contributed by atoms with Crippen LogP contribution in [0, 0.1) is 12.8 Å². The highest BCUT2D eigenvalue weighted by Gasteiger charge is 2.23. The van der Waals surface area contributed by atoms with Crippen LogP contribution < -0.4 is 10.2 Å². The van der Waals surface area contributed by atoms with E-state index in [9.17, 15) is 4.79 Å². The number of aryl methyl sites for hydroxylation is 2. The van der Waals surface area contributed by atoms with Gasteiger partial charge in [0.05, 0.1) is 5.69 Å². The lowest BCUT2D eigenvalue weighted by molar-refractivity contribution is -0.121. The van der Waals surface area contributed by atoms with Crippen LogP contribution in [0.3, 0.4) is 0 Å². The van der Waals surface area contributed by atoms with Crippen molar-refractivity contribution in [3.05, 3.63) is 46.4 Å². The molecule has 8 heteroatoms. The molecule has 1 saturated heterocycles. The maximum absolute atomic E-state index is 12.3. The smallest absolute Gasteiger partial charge is 0.263 e. The molecule has 30 heavy (non-hydrogen) atoms. The van der Waals surface area contributed by atoms with E-state index >= 15 is 0 Å². The number of hydrogen-bond acceptors (Lipinski definition) is 6. The standard InChI is InChI=1S/C22H26ClN5O2/c1-14-9-11-28(12-10-14)21-20-15(2)27-30-22(20)26-18(25-21)7-8-19(29)24-13-16-5-3-4-6-17(16)23/h3-6,14H,7-13H2,1-2H3,(H,24,29). The molecule has 0 atom stereocenters. The predicted octanol–water partition coefficient (Wildman–Crippen LogP) is 4.06. The summed E-state index contributed by atoms with van der Waals surface area (Å²) in [4.78, 5) is 23.9. The van der Waals surface area contributed by atoms with Gasteiger partial charge in [0, 0.05) is 37.5 Å². The third kappa shape index (κ3) is 4.56. The number of nitrogens with zero attached hydrogens (tertiary/aromatic N) is 4. The summed E-state index contributed by atoms with van der Waals surface area (Å²) in [5.41, 5.74) is 2.18. The number of benzene rings is 1. The quantitative estimate of drug-likeness (QED) is 0.638. The van der Waals surface area contributed by atoms with Crippen molar-refractivity contribution in [2.75, 3.05) is 18.0 Å². The Morgan fingerprint density at radius 1 is 1.27 bits per heavy atom. The number of rotatable bonds is 6. The average molecular weight is 428 g/mol. The molecule has 4 rings (SSSR count). The summed E-state index contributed by atoms with van der Waals surface area (Å²) in [6.07, 6.45) is 2.99. The zero-order valence-electron chi connectivity index (χ0n) is 17.3. The Hall–Kier alpha value is -2.67. The van der Waals surface area contributed by atoms with Gasteiger partial charge >= 0.3 is 0 Å². The minimum absolute atomic E-state index is 0.0688. The fraction of sp³-hybridized carbons (Fsp3) is 0.455.